The monoisotopic (exact) mass is 265 g/mol. The van der Waals surface area contributed by atoms with Crippen LogP contribution in [0.15, 0.2) is 18.3 Å². The predicted octanol–water partition coefficient (Wildman–Crippen LogP) is 0.0342. The van der Waals surface area contributed by atoms with E-state index >= 15 is 0 Å². The van der Waals surface area contributed by atoms with Crippen LogP contribution in [0.25, 0.3) is 0 Å². The maximum absolute atomic E-state index is 11.8. The topological polar surface area (TPSA) is 108 Å². The Kier molecular flexibility index (Phi) is 4.99. The number of nitrogens with one attached hydrogen (secondary N) is 2. The Morgan fingerprint density at radius 1 is 1.37 bits per heavy atom. The van der Waals surface area contributed by atoms with Gasteiger partial charge in [0.15, 0.2) is 0 Å². The van der Waals surface area contributed by atoms with Gasteiger partial charge < -0.3 is 15.7 Å². The first-order chi connectivity index (χ1) is 8.95. The summed E-state index contributed by atoms with van der Waals surface area (Å²) in [5, 5.41) is 13.7. The highest BCUT2D eigenvalue weighted by Crippen LogP contribution is 2.01. The maximum Gasteiger partial charge on any atom is 0.354 e. The summed E-state index contributed by atoms with van der Waals surface area (Å²) in [6.45, 7) is 3.82. The molecule has 0 saturated carbocycles. The summed E-state index contributed by atoms with van der Waals surface area (Å²) < 4.78 is 0. The molecule has 1 aromatic heterocycles. The number of carbonyl (C=O) groups is 3. The summed E-state index contributed by atoms with van der Waals surface area (Å²) >= 11 is 0. The van der Waals surface area contributed by atoms with E-state index in [-0.39, 0.29) is 17.2 Å². The number of rotatable bonds is 5. The van der Waals surface area contributed by atoms with Gasteiger partial charge in [-0.2, -0.15) is 0 Å². The van der Waals surface area contributed by atoms with E-state index < -0.39 is 17.9 Å². The molecule has 1 rings (SSSR count). The van der Waals surface area contributed by atoms with Crippen molar-refractivity contribution in [2.45, 2.75) is 19.9 Å². The normalized spacial score (nSPS) is 11.5. The summed E-state index contributed by atoms with van der Waals surface area (Å²) in [6, 6.07) is 1.90. The molecule has 1 heterocycles. The van der Waals surface area contributed by atoms with Gasteiger partial charge in [-0.25, -0.2) is 9.78 Å². The Morgan fingerprint density at radius 3 is 2.53 bits per heavy atom. The summed E-state index contributed by atoms with van der Waals surface area (Å²) in [7, 11) is 0. The molecule has 0 saturated heterocycles. The fourth-order valence-electron chi connectivity index (χ4n) is 1.33. The number of carbonyl (C=O) groups excluding carboxylic acids is 2. The first-order valence-corrected chi connectivity index (χ1v) is 5.73. The number of aromatic nitrogens is 1. The van der Waals surface area contributed by atoms with E-state index in [0.29, 0.717) is 6.54 Å². The van der Waals surface area contributed by atoms with Crippen molar-refractivity contribution in [1.82, 2.24) is 15.6 Å². The van der Waals surface area contributed by atoms with Crippen molar-refractivity contribution in [2.75, 3.05) is 6.54 Å². The van der Waals surface area contributed by atoms with Gasteiger partial charge >= 0.3 is 5.97 Å². The summed E-state index contributed by atoms with van der Waals surface area (Å²) in [5.41, 5.74) is 0.0504. The number of pyridine rings is 1. The summed E-state index contributed by atoms with van der Waals surface area (Å²) in [6.07, 6.45) is 1.16. The quantitative estimate of drug-likeness (QED) is 0.696. The Bertz CT molecular complexity index is 484. The van der Waals surface area contributed by atoms with Crippen molar-refractivity contribution in [2.24, 2.45) is 0 Å². The van der Waals surface area contributed by atoms with Gasteiger partial charge in [0.1, 0.15) is 11.7 Å². The fraction of sp³-hybridized carbons (Fsp3) is 0.333. The lowest BCUT2D eigenvalue weighted by molar-refractivity contribution is -0.122. The van der Waals surface area contributed by atoms with Gasteiger partial charge in [-0.05, 0) is 26.0 Å². The Morgan fingerprint density at radius 2 is 2.05 bits per heavy atom. The number of aromatic carboxylic acids is 1. The van der Waals surface area contributed by atoms with Crippen molar-refractivity contribution >= 4 is 17.8 Å². The molecule has 7 heteroatoms. The first-order valence-electron chi connectivity index (χ1n) is 5.73. The van der Waals surface area contributed by atoms with E-state index in [1.165, 1.54) is 12.1 Å². The van der Waals surface area contributed by atoms with Crippen molar-refractivity contribution in [3.8, 4) is 0 Å². The molecule has 1 unspecified atom stereocenters. The van der Waals surface area contributed by atoms with Crippen LogP contribution < -0.4 is 10.6 Å². The minimum absolute atomic E-state index is 0.145. The highest BCUT2D eigenvalue weighted by Gasteiger charge is 2.16. The number of hydrogen-bond acceptors (Lipinski definition) is 4. The number of amides is 2. The van der Waals surface area contributed by atoms with Gasteiger partial charge in [0.2, 0.25) is 5.91 Å². The Labute approximate surface area is 110 Å². The summed E-state index contributed by atoms with van der Waals surface area (Å²) in [5.74, 6) is -1.93. The smallest absolute Gasteiger partial charge is 0.354 e. The molecule has 0 aliphatic rings. The molecule has 7 nitrogen and oxygen atoms in total. The molecule has 0 aromatic carbocycles. The molecule has 0 spiro atoms. The zero-order valence-electron chi connectivity index (χ0n) is 10.6. The second-order valence-corrected chi connectivity index (χ2v) is 3.83. The number of nitrogens with zero attached hydrogens (tertiary/aromatic N) is 1. The largest absolute Gasteiger partial charge is 0.477 e. The second kappa shape index (κ2) is 6.48. The SMILES string of the molecule is CCNC(=O)C(C)NC(=O)c1ccc(C(=O)O)nc1. The lowest BCUT2D eigenvalue weighted by Gasteiger charge is -2.13. The van der Waals surface area contributed by atoms with Crippen molar-refractivity contribution in [3.05, 3.63) is 29.6 Å². The van der Waals surface area contributed by atoms with Crippen LogP contribution in [0.1, 0.15) is 34.7 Å². The lowest BCUT2D eigenvalue weighted by atomic mass is 10.2. The van der Waals surface area contributed by atoms with E-state index in [4.69, 9.17) is 5.11 Å². The van der Waals surface area contributed by atoms with Gasteiger partial charge in [0, 0.05) is 12.7 Å². The number of hydrogen-bond donors (Lipinski definition) is 3. The van der Waals surface area contributed by atoms with Crippen molar-refractivity contribution in [1.29, 1.82) is 0 Å². The molecule has 0 aliphatic heterocycles. The van der Waals surface area contributed by atoms with E-state index in [9.17, 15) is 14.4 Å². The molecule has 102 valence electrons. The zero-order chi connectivity index (χ0) is 14.4. The van der Waals surface area contributed by atoms with Crippen LogP contribution in [-0.2, 0) is 4.79 Å². The molecular formula is C12H15N3O4. The molecule has 3 N–H and O–H groups in total. The number of carboxylic acid groups (broad SMARTS) is 1. The molecule has 0 fully saturated rings. The van der Waals surface area contributed by atoms with Gasteiger partial charge in [-0.1, -0.05) is 0 Å². The van der Waals surface area contributed by atoms with Crippen LogP contribution in [0, 0.1) is 0 Å². The molecule has 1 aromatic rings. The third-order valence-corrected chi connectivity index (χ3v) is 2.34. The molecule has 0 aliphatic carbocycles. The molecule has 1 atom stereocenters. The minimum atomic E-state index is -1.16. The molecule has 2 amide bonds. The lowest BCUT2D eigenvalue weighted by Crippen LogP contribution is -2.44. The zero-order valence-corrected chi connectivity index (χ0v) is 10.6. The Balaban J connectivity index is 2.68. The van der Waals surface area contributed by atoms with Crippen molar-refractivity contribution < 1.29 is 19.5 Å². The first kappa shape index (κ1) is 14.6. The van der Waals surface area contributed by atoms with E-state index in [1.807, 2.05) is 0 Å². The number of carboxylic acids is 1. The minimum Gasteiger partial charge on any atom is -0.477 e. The molecular weight excluding hydrogens is 250 g/mol. The standard InChI is InChI=1S/C12H15N3O4/c1-3-13-10(16)7(2)15-11(17)8-4-5-9(12(18)19)14-6-8/h4-7H,3H2,1-2H3,(H,13,16)(H,15,17)(H,18,19). The van der Waals surface area contributed by atoms with Crippen LogP contribution in [-0.4, -0.2) is 40.5 Å². The molecule has 0 bridgehead atoms. The molecule has 19 heavy (non-hydrogen) atoms. The highest BCUT2D eigenvalue weighted by molar-refractivity contribution is 5.97. The molecule has 0 radical (unpaired) electrons. The fourth-order valence-corrected chi connectivity index (χ4v) is 1.33. The summed E-state index contributed by atoms with van der Waals surface area (Å²) in [4.78, 5) is 37.4. The maximum atomic E-state index is 11.8. The van der Waals surface area contributed by atoms with E-state index in [0.717, 1.165) is 6.20 Å². The van der Waals surface area contributed by atoms with Gasteiger partial charge in [0.05, 0.1) is 5.56 Å². The third-order valence-electron chi connectivity index (χ3n) is 2.34. The average Bonchev–Trinajstić information content (AvgIpc) is 2.38. The van der Waals surface area contributed by atoms with E-state index in [2.05, 4.69) is 15.6 Å². The predicted molar refractivity (Wildman–Crippen MR) is 66.8 cm³/mol. The van der Waals surface area contributed by atoms with Crippen molar-refractivity contribution in [3.63, 3.8) is 0 Å². The van der Waals surface area contributed by atoms with Gasteiger partial charge in [0.25, 0.3) is 5.91 Å². The van der Waals surface area contributed by atoms with Crippen LogP contribution in [0.4, 0.5) is 0 Å². The van der Waals surface area contributed by atoms with Gasteiger partial charge in [-0.15, -0.1) is 0 Å². The van der Waals surface area contributed by atoms with Crippen LogP contribution in [0.5, 0.6) is 0 Å². The third kappa shape index (κ3) is 4.06. The van der Waals surface area contributed by atoms with Crippen LogP contribution in [0.2, 0.25) is 0 Å². The average molecular weight is 265 g/mol. The number of likely N-dealkylation sites (N-methyl/N-ethyl adjacent to an activating group) is 1. The highest BCUT2D eigenvalue weighted by atomic mass is 16.4. The van der Waals surface area contributed by atoms with Crippen LogP contribution in [0.3, 0.4) is 0 Å². The Hall–Kier alpha value is -2.44. The van der Waals surface area contributed by atoms with E-state index in [1.54, 1.807) is 13.8 Å². The van der Waals surface area contributed by atoms with Crippen LogP contribution >= 0.6 is 0 Å². The second-order valence-electron chi connectivity index (χ2n) is 3.83. The van der Waals surface area contributed by atoms with Gasteiger partial charge in [-0.3, -0.25) is 9.59 Å².